The van der Waals surface area contributed by atoms with Crippen LogP contribution in [-0.4, -0.2) is 35.5 Å². The van der Waals surface area contributed by atoms with E-state index in [-0.39, 0.29) is 18.9 Å². The molecule has 0 unspecified atom stereocenters. The van der Waals surface area contributed by atoms with Gasteiger partial charge in [-0.25, -0.2) is 0 Å². The summed E-state index contributed by atoms with van der Waals surface area (Å²) in [6, 6.07) is 7.41. The second-order valence-corrected chi connectivity index (χ2v) is 4.16. The molecule has 18 heavy (non-hydrogen) atoms. The number of nitrogens with zero attached hydrogens (tertiary/aromatic N) is 1. The number of hydrogen-bond acceptors (Lipinski definition) is 3. The molecule has 0 fully saturated rings. The van der Waals surface area contributed by atoms with Crippen molar-refractivity contribution in [2.24, 2.45) is 0 Å². The topological polar surface area (TPSA) is 83.6 Å². The number of hydrogen-bond donors (Lipinski definition) is 2. The minimum atomic E-state index is -0.901. The number of nitrogen functional groups attached to an aromatic ring is 1. The van der Waals surface area contributed by atoms with Gasteiger partial charge in [-0.15, -0.1) is 0 Å². The van der Waals surface area contributed by atoms with Crippen LogP contribution in [0.3, 0.4) is 0 Å². The van der Waals surface area contributed by atoms with Gasteiger partial charge in [0, 0.05) is 25.7 Å². The van der Waals surface area contributed by atoms with E-state index < -0.39 is 5.97 Å². The standard InChI is InChI=1S/C13H18N2O3/c1-15(9-8-13(17)18)12(16)7-6-10-4-2-3-5-11(10)14/h2-5H,6-9,14H2,1H3,(H,17,18). The van der Waals surface area contributed by atoms with Gasteiger partial charge in [0.2, 0.25) is 5.91 Å². The number of anilines is 1. The lowest BCUT2D eigenvalue weighted by atomic mass is 10.1. The number of para-hydroxylation sites is 1. The van der Waals surface area contributed by atoms with Crippen molar-refractivity contribution in [1.29, 1.82) is 0 Å². The maximum absolute atomic E-state index is 11.7. The van der Waals surface area contributed by atoms with Crippen molar-refractivity contribution >= 4 is 17.6 Å². The first kappa shape index (κ1) is 14.0. The molecule has 1 amide bonds. The van der Waals surface area contributed by atoms with Crippen molar-refractivity contribution in [3.05, 3.63) is 29.8 Å². The fraction of sp³-hybridized carbons (Fsp3) is 0.385. The van der Waals surface area contributed by atoms with Gasteiger partial charge in [-0.3, -0.25) is 9.59 Å². The first-order chi connectivity index (χ1) is 8.50. The first-order valence-corrected chi connectivity index (χ1v) is 5.80. The third kappa shape index (κ3) is 4.45. The van der Waals surface area contributed by atoms with Crippen molar-refractivity contribution < 1.29 is 14.7 Å². The quantitative estimate of drug-likeness (QED) is 0.741. The maximum Gasteiger partial charge on any atom is 0.305 e. The molecule has 0 atom stereocenters. The lowest BCUT2D eigenvalue weighted by Gasteiger charge is -2.16. The Kier molecular flexibility index (Phi) is 5.17. The fourth-order valence-electron chi connectivity index (χ4n) is 1.58. The van der Waals surface area contributed by atoms with Crippen molar-refractivity contribution in [3.63, 3.8) is 0 Å². The van der Waals surface area contributed by atoms with Crippen LogP contribution in [-0.2, 0) is 16.0 Å². The van der Waals surface area contributed by atoms with E-state index in [4.69, 9.17) is 10.8 Å². The number of aliphatic carboxylic acids is 1. The Morgan fingerprint density at radius 1 is 1.28 bits per heavy atom. The van der Waals surface area contributed by atoms with Gasteiger partial charge >= 0.3 is 5.97 Å². The number of amides is 1. The van der Waals surface area contributed by atoms with E-state index in [2.05, 4.69) is 0 Å². The van der Waals surface area contributed by atoms with Gasteiger partial charge < -0.3 is 15.7 Å². The van der Waals surface area contributed by atoms with Crippen molar-refractivity contribution in [1.82, 2.24) is 4.90 Å². The second kappa shape index (κ2) is 6.64. The molecule has 1 aromatic rings. The molecule has 0 bridgehead atoms. The molecule has 98 valence electrons. The Labute approximate surface area is 106 Å². The number of carboxylic acids is 1. The lowest BCUT2D eigenvalue weighted by molar-refractivity contribution is -0.138. The highest BCUT2D eigenvalue weighted by Gasteiger charge is 2.10. The fourth-order valence-corrected chi connectivity index (χ4v) is 1.58. The van der Waals surface area contributed by atoms with E-state index >= 15 is 0 Å². The molecule has 5 heteroatoms. The van der Waals surface area contributed by atoms with E-state index in [1.807, 2.05) is 18.2 Å². The molecule has 1 rings (SSSR count). The lowest BCUT2D eigenvalue weighted by Crippen LogP contribution is -2.29. The minimum Gasteiger partial charge on any atom is -0.481 e. The van der Waals surface area contributed by atoms with Gasteiger partial charge in [0.1, 0.15) is 0 Å². The zero-order valence-corrected chi connectivity index (χ0v) is 10.4. The summed E-state index contributed by atoms with van der Waals surface area (Å²) in [6.45, 7) is 0.235. The Morgan fingerprint density at radius 2 is 1.94 bits per heavy atom. The molecule has 0 saturated heterocycles. The van der Waals surface area contributed by atoms with Gasteiger partial charge in [0.05, 0.1) is 6.42 Å². The number of nitrogens with two attached hydrogens (primary N) is 1. The van der Waals surface area contributed by atoms with Crippen LogP contribution in [0, 0.1) is 0 Å². The summed E-state index contributed by atoms with van der Waals surface area (Å²) in [4.78, 5) is 23.6. The van der Waals surface area contributed by atoms with E-state index in [0.29, 0.717) is 18.5 Å². The Balaban J connectivity index is 2.41. The minimum absolute atomic E-state index is 0.0320. The van der Waals surface area contributed by atoms with Crippen molar-refractivity contribution in [2.75, 3.05) is 19.3 Å². The van der Waals surface area contributed by atoms with Crippen LogP contribution in [0.5, 0.6) is 0 Å². The van der Waals surface area contributed by atoms with Crippen LogP contribution in [0.4, 0.5) is 5.69 Å². The van der Waals surface area contributed by atoms with Crippen LogP contribution in [0.2, 0.25) is 0 Å². The van der Waals surface area contributed by atoms with Gasteiger partial charge in [0.25, 0.3) is 0 Å². The molecule has 0 spiro atoms. The molecular weight excluding hydrogens is 232 g/mol. The molecule has 0 aliphatic carbocycles. The normalized spacial score (nSPS) is 10.1. The zero-order chi connectivity index (χ0) is 13.5. The number of aryl methyl sites for hydroxylation is 1. The van der Waals surface area contributed by atoms with Gasteiger partial charge in [-0.05, 0) is 18.1 Å². The third-order valence-corrected chi connectivity index (χ3v) is 2.75. The summed E-state index contributed by atoms with van der Waals surface area (Å²) in [5, 5.41) is 8.53. The SMILES string of the molecule is CN(CCC(=O)O)C(=O)CCc1ccccc1N. The number of carboxylic acid groups (broad SMARTS) is 1. The molecule has 0 heterocycles. The third-order valence-electron chi connectivity index (χ3n) is 2.75. The Bertz CT molecular complexity index is 432. The molecular formula is C13H18N2O3. The molecule has 0 aliphatic heterocycles. The smallest absolute Gasteiger partial charge is 0.305 e. The predicted octanol–water partition coefficient (Wildman–Crippen LogP) is 1.13. The van der Waals surface area contributed by atoms with Crippen LogP contribution in [0.1, 0.15) is 18.4 Å². The van der Waals surface area contributed by atoms with E-state index in [1.165, 1.54) is 4.90 Å². The summed E-state index contributed by atoms with van der Waals surface area (Å²) < 4.78 is 0. The summed E-state index contributed by atoms with van der Waals surface area (Å²) in [5.74, 6) is -0.971. The number of carbonyl (C=O) groups is 2. The highest BCUT2D eigenvalue weighted by atomic mass is 16.4. The summed E-state index contributed by atoms with van der Waals surface area (Å²) >= 11 is 0. The Morgan fingerprint density at radius 3 is 2.56 bits per heavy atom. The molecule has 0 aromatic heterocycles. The van der Waals surface area contributed by atoms with Crippen LogP contribution in [0.15, 0.2) is 24.3 Å². The first-order valence-electron chi connectivity index (χ1n) is 5.80. The largest absolute Gasteiger partial charge is 0.481 e. The highest BCUT2D eigenvalue weighted by Crippen LogP contribution is 2.13. The van der Waals surface area contributed by atoms with E-state index in [9.17, 15) is 9.59 Å². The second-order valence-electron chi connectivity index (χ2n) is 4.16. The number of rotatable bonds is 6. The van der Waals surface area contributed by atoms with Crippen LogP contribution in [0.25, 0.3) is 0 Å². The van der Waals surface area contributed by atoms with Gasteiger partial charge in [-0.1, -0.05) is 18.2 Å². The molecule has 1 aromatic carbocycles. The predicted molar refractivity (Wildman–Crippen MR) is 69.1 cm³/mol. The van der Waals surface area contributed by atoms with Gasteiger partial charge in [-0.2, -0.15) is 0 Å². The average Bonchev–Trinajstić information content (AvgIpc) is 2.34. The number of carbonyl (C=O) groups excluding carboxylic acids is 1. The molecule has 0 radical (unpaired) electrons. The summed E-state index contributed by atoms with van der Waals surface area (Å²) in [7, 11) is 1.61. The average molecular weight is 250 g/mol. The molecule has 3 N–H and O–H groups in total. The zero-order valence-electron chi connectivity index (χ0n) is 10.4. The van der Waals surface area contributed by atoms with Crippen LogP contribution < -0.4 is 5.73 Å². The number of benzene rings is 1. The van der Waals surface area contributed by atoms with Crippen molar-refractivity contribution in [2.45, 2.75) is 19.3 Å². The van der Waals surface area contributed by atoms with E-state index in [1.54, 1.807) is 13.1 Å². The summed E-state index contributed by atoms with van der Waals surface area (Å²) in [6.07, 6.45) is 0.878. The summed E-state index contributed by atoms with van der Waals surface area (Å²) in [5.41, 5.74) is 7.40. The highest BCUT2D eigenvalue weighted by molar-refractivity contribution is 5.77. The van der Waals surface area contributed by atoms with Gasteiger partial charge in [0.15, 0.2) is 0 Å². The molecule has 0 aliphatic rings. The van der Waals surface area contributed by atoms with E-state index in [0.717, 1.165) is 5.56 Å². The van der Waals surface area contributed by atoms with Crippen molar-refractivity contribution in [3.8, 4) is 0 Å². The molecule has 0 saturated carbocycles. The Hall–Kier alpha value is -2.04. The van der Waals surface area contributed by atoms with Crippen LogP contribution >= 0.6 is 0 Å². The maximum atomic E-state index is 11.7. The molecule has 5 nitrogen and oxygen atoms in total. The monoisotopic (exact) mass is 250 g/mol.